The highest BCUT2D eigenvalue weighted by atomic mass is 32.1. The second-order valence-corrected chi connectivity index (χ2v) is 8.12. The molecule has 0 fully saturated rings. The van der Waals surface area contributed by atoms with Gasteiger partial charge >= 0.3 is 0 Å². The van der Waals surface area contributed by atoms with E-state index in [9.17, 15) is 4.79 Å². The van der Waals surface area contributed by atoms with Crippen LogP contribution < -0.4 is 11.1 Å². The fraction of sp³-hybridized carbons (Fsp3) is 0.294. The Kier molecular flexibility index (Phi) is 5.22. The first-order valence-electron chi connectivity index (χ1n) is 7.89. The van der Waals surface area contributed by atoms with E-state index < -0.39 is 0 Å². The van der Waals surface area contributed by atoms with Gasteiger partial charge in [0.1, 0.15) is 15.7 Å². The molecule has 6 nitrogen and oxygen atoms in total. The molecule has 25 heavy (non-hydrogen) atoms. The molecule has 0 radical (unpaired) electrons. The van der Waals surface area contributed by atoms with Crippen LogP contribution in [0.15, 0.2) is 24.3 Å². The standard InChI is InChI=1S/C17H19N5OS2/c1-9(2)11-4-6-12(7-5-11)16-21-22-17(25-16)20-15(23)14-10(3)24-13(8-18)19-14/h4-7,9H,8,18H2,1-3H3,(H,20,22,23). The van der Waals surface area contributed by atoms with Gasteiger partial charge in [-0.05, 0) is 18.4 Å². The number of thiazole rings is 1. The number of anilines is 1. The molecule has 1 aromatic carbocycles. The van der Waals surface area contributed by atoms with Crippen LogP contribution >= 0.6 is 22.7 Å². The predicted molar refractivity (Wildman–Crippen MR) is 102 cm³/mol. The first-order valence-corrected chi connectivity index (χ1v) is 9.52. The van der Waals surface area contributed by atoms with Crippen LogP contribution in [0.25, 0.3) is 10.6 Å². The Balaban J connectivity index is 1.74. The average molecular weight is 374 g/mol. The van der Waals surface area contributed by atoms with Gasteiger partial charge in [0.25, 0.3) is 5.91 Å². The molecule has 0 aliphatic heterocycles. The maximum absolute atomic E-state index is 12.4. The zero-order valence-corrected chi connectivity index (χ0v) is 15.9. The van der Waals surface area contributed by atoms with Crippen LogP contribution in [0.5, 0.6) is 0 Å². The molecule has 2 heterocycles. The number of hydrogen-bond acceptors (Lipinski definition) is 7. The third-order valence-corrected chi connectivity index (χ3v) is 5.58. The molecule has 8 heteroatoms. The van der Waals surface area contributed by atoms with Crippen molar-refractivity contribution in [3.05, 3.63) is 45.4 Å². The number of carbonyl (C=O) groups is 1. The largest absolute Gasteiger partial charge is 0.325 e. The summed E-state index contributed by atoms with van der Waals surface area (Å²) in [6, 6.07) is 8.23. The Labute approximate surface area is 154 Å². The van der Waals surface area contributed by atoms with E-state index in [1.165, 1.54) is 28.2 Å². The lowest BCUT2D eigenvalue weighted by Crippen LogP contribution is -2.13. The molecule has 3 rings (SSSR count). The fourth-order valence-electron chi connectivity index (χ4n) is 2.31. The number of amides is 1. The van der Waals surface area contributed by atoms with Gasteiger partial charge in [0.05, 0.1) is 0 Å². The average Bonchev–Trinajstić information content (AvgIpc) is 3.21. The summed E-state index contributed by atoms with van der Waals surface area (Å²) in [6.07, 6.45) is 0. The molecule has 0 bridgehead atoms. The second kappa shape index (κ2) is 7.38. The van der Waals surface area contributed by atoms with Crippen LogP contribution in [0.1, 0.15) is 45.7 Å². The topological polar surface area (TPSA) is 93.8 Å². The SMILES string of the molecule is Cc1sc(CN)nc1C(=O)Nc1nnc(-c2ccc(C(C)C)cc2)s1. The van der Waals surface area contributed by atoms with Gasteiger partial charge in [-0.2, -0.15) is 0 Å². The summed E-state index contributed by atoms with van der Waals surface area (Å²) in [7, 11) is 0. The van der Waals surface area contributed by atoms with Crippen LogP contribution in [0.2, 0.25) is 0 Å². The molecule has 130 valence electrons. The lowest BCUT2D eigenvalue weighted by Gasteiger charge is -2.04. The van der Waals surface area contributed by atoms with Crippen LogP contribution in [0.3, 0.4) is 0 Å². The van der Waals surface area contributed by atoms with Crippen molar-refractivity contribution in [3.63, 3.8) is 0 Å². The lowest BCUT2D eigenvalue weighted by atomic mass is 10.0. The van der Waals surface area contributed by atoms with Crippen LogP contribution in [0, 0.1) is 6.92 Å². The summed E-state index contributed by atoms with van der Waals surface area (Å²) < 4.78 is 0. The third-order valence-electron chi connectivity index (χ3n) is 3.70. The minimum absolute atomic E-state index is 0.286. The van der Waals surface area contributed by atoms with Gasteiger partial charge in [0.15, 0.2) is 0 Å². The number of nitrogens with two attached hydrogens (primary N) is 1. The van der Waals surface area contributed by atoms with E-state index in [2.05, 4.69) is 46.5 Å². The highest BCUT2D eigenvalue weighted by Gasteiger charge is 2.17. The smallest absolute Gasteiger partial charge is 0.277 e. The second-order valence-electron chi connectivity index (χ2n) is 5.86. The van der Waals surface area contributed by atoms with Crippen molar-refractivity contribution in [1.29, 1.82) is 0 Å². The number of aromatic nitrogens is 3. The Hall–Kier alpha value is -2.16. The number of hydrogen-bond donors (Lipinski definition) is 2. The number of nitrogens with one attached hydrogen (secondary N) is 1. The summed E-state index contributed by atoms with van der Waals surface area (Å²) in [6.45, 7) is 6.50. The summed E-state index contributed by atoms with van der Waals surface area (Å²) in [5.41, 5.74) is 8.23. The van der Waals surface area contributed by atoms with E-state index in [0.717, 1.165) is 20.5 Å². The monoisotopic (exact) mass is 373 g/mol. The third kappa shape index (κ3) is 3.92. The number of nitrogens with zero attached hydrogens (tertiary/aromatic N) is 3. The Morgan fingerprint density at radius 1 is 1.20 bits per heavy atom. The molecule has 0 spiro atoms. The number of benzene rings is 1. The maximum atomic E-state index is 12.4. The van der Waals surface area contributed by atoms with Crippen LogP contribution in [0.4, 0.5) is 5.13 Å². The van der Waals surface area contributed by atoms with Crippen molar-refractivity contribution in [2.45, 2.75) is 33.2 Å². The molecule has 2 aromatic heterocycles. The van der Waals surface area contributed by atoms with E-state index in [4.69, 9.17) is 5.73 Å². The van der Waals surface area contributed by atoms with E-state index >= 15 is 0 Å². The summed E-state index contributed by atoms with van der Waals surface area (Å²) >= 11 is 2.77. The van der Waals surface area contributed by atoms with Crippen molar-refractivity contribution in [1.82, 2.24) is 15.2 Å². The highest BCUT2D eigenvalue weighted by molar-refractivity contribution is 7.18. The summed E-state index contributed by atoms with van der Waals surface area (Å²) in [5.74, 6) is 0.199. The van der Waals surface area contributed by atoms with Gasteiger partial charge in [-0.3, -0.25) is 10.1 Å². The maximum Gasteiger partial charge on any atom is 0.277 e. The zero-order valence-electron chi connectivity index (χ0n) is 14.2. The molecule has 0 saturated carbocycles. The van der Waals surface area contributed by atoms with Crippen LogP contribution in [-0.2, 0) is 6.54 Å². The molecule has 0 aliphatic rings. The Morgan fingerprint density at radius 2 is 1.92 bits per heavy atom. The van der Waals surface area contributed by atoms with Gasteiger partial charge in [0, 0.05) is 17.0 Å². The zero-order chi connectivity index (χ0) is 18.0. The van der Waals surface area contributed by atoms with Gasteiger partial charge < -0.3 is 5.73 Å². The molecular formula is C17H19N5OS2. The van der Waals surface area contributed by atoms with Gasteiger partial charge in [-0.1, -0.05) is 49.4 Å². The number of aryl methyl sites for hydroxylation is 1. The highest BCUT2D eigenvalue weighted by Crippen LogP contribution is 2.28. The number of carbonyl (C=O) groups excluding carboxylic acids is 1. The van der Waals surface area contributed by atoms with Gasteiger partial charge in [0.2, 0.25) is 5.13 Å². The summed E-state index contributed by atoms with van der Waals surface area (Å²) in [5, 5.41) is 13.0. The molecule has 3 aromatic rings. The minimum Gasteiger partial charge on any atom is -0.325 e. The first-order chi connectivity index (χ1) is 12.0. The van der Waals surface area contributed by atoms with Crippen molar-refractivity contribution in [2.75, 3.05) is 5.32 Å². The van der Waals surface area contributed by atoms with Gasteiger partial charge in [-0.25, -0.2) is 4.98 Å². The first kappa shape index (κ1) is 17.7. The summed E-state index contributed by atoms with van der Waals surface area (Å²) in [4.78, 5) is 17.5. The van der Waals surface area contributed by atoms with Crippen molar-refractivity contribution in [3.8, 4) is 10.6 Å². The van der Waals surface area contributed by atoms with E-state index in [1.807, 2.05) is 19.1 Å². The van der Waals surface area contributed by atoms with Crippen LogP contribution in [-0.4, -0.2) is 21.1 Å². The predicted octanol–water partition coefficient (Wildman–Crippen LogP) is 3.80. The molecule has 0 unspecified atom stereocenters. The van der Waals surface area contributed by atoms with Crippen molar-refractivity contribution < 1.29 is 4.79 Å². The van der Waals surface area contributed by atoms with Crippen molar-refractivity contribution in [2.24, 2.45) is 5.73 Å². The normalized spacial score (nSPS) is 11.1. The van der Waals surface area contributed by atoms with Gasteiger partial charge in [-0.15, -0.1) is 21.5 Å². The molecule has 0 saturated heterocycles. The lowest BCUT2D eigenvalue weighted by molar-refractivity contribution is 0.102. The van der Waals surface area contributed by atoms with E-state index in [0.29, 0.717) is 23.3 Å². The Bertz CT molecular complexity index is 883. The van der Waals surface area contributed by atoms with E-state index in [1.54, 1.807) is 0 Å². The molecular weight excluding hydrogens is 354 g/mol. The fourth-order valence-corrected chi connectivity index (χ4v) is 3.86. The van der Waals surface area contributed by atoms with E-state index in [-0.39, 0.29) is 5.91 Å². The molecule has 1 amide bonds. The molecule has 0 aliphatic carbocycles. The quantitative estimate of drug-likeness (QED) is 0.709. The van der Waals surface area contributed by atoms with Crippen molar-refractivity contribution >= 4 is 33.7 Å². The molecule has 3 N–H and O–H groups in total. The molecule has 0 atom stereocenters. The minimum atomic E-state index is -0.286. The Morgan fingerprint density at radius 3 is 2.52 bits per heavy atom. The number of rotatable bonds is 5.